The lowest BCUT2D eigenvalue weighted by Crippen LogP contribution is -2.53. The van der Waals surface area contributed by atoms with E-state index in [4.69, 9.17) is 14.9 Å². The average Bonchev–Trinajstić information content (AvgIpc) is 2.43. The van der Waals surface area contributed by atoms with E-state index >= 15 is 0 Å². The highest BCUT2D eigenvalue weighted by atomic mass is 16.5. The number of hydrogen-bond acceptors (Lipinski definition) is 7. The molecule has 0 aromatic heterocycles. The van der Waals surface area contributed by atoms with Crippen LogP contribution in [0.5, 0.6) is 0 Å². The maximum absolute atomic E-state index is 11.6. The number of aliphatic hydroxyl groups is 5. The fraction of sp³-hybridized carbons (Fsp3) is 0.909. The van der Waals surface area contributed by atoms with Gasteiger partial charge in [0.15, 0.2) is 6.10 Å². The Morgan fingerprint density at radius 3 is 2.16 bits per heavy atom. The Labute approximate surface area is 111 Å². The summed E-state index contributed by atoms with van der Waals surface area (Å²) in [7, 11) is 0. The zero-order chi connectivity index (χ0) is 15.0. The minimum absolute atomic E-state index is 0.364. The molecule has 0 aromatic rings. The van der Waals surface area contributed by atoms with E-state index in [-0.39, 0.29) is 0 Å². The topological polar surface area (TPSA) is 139 Å². The minimum atomic E-state index is -1.94. The molecular formula is C11H23NO7. The Morgan fingerprint density at radius 1 is 1.16 bits per heavy atom. The van der Waals surface area contributed by atoms with Gasteiger partial charge in [-0.05, 0) is 13.3 Å². The van der Waals surface area contributed by atoms with Gasteiger partial charge < -0.3 is 35.6 Å². The van der Waals surface area contributed by atoms with Crippen LogP contribution in [-0.4, -0.2) is 75.3 Å². The molecule has 8 nitrogen and oxygen atoms in total. The van der Waals surface area contributed by atoms with Gasteiger partial charge in [-0.3, -0.25) is 4.79 Å². The van der Waals surface area contributed by atoms with E-state index in [1.165, 1.54) is 0 Å². The molecule has 1 amide bonds. The molecule has 1 unspecified atom stereocenters. The Balaban J connectivity index is 4.46. The zero-order valence-electron chi connectivity index (χ0n) is 11.1. The van der Waals surface area contributed by atoms with Crippen LogP contribution in [0.15, 0.2) is 0 Å². The van der Waals surface area contributed by atoms with Crippen molar-refractivity contribution in [3.8, 4) is 0 Å². The summed E-state index contributed by atoms with van der Waals surface area (Å²) in [5.74, 6) is -0.933. The van der Waals surface area contributed by atoms with Gasteiger partial charge in [-0.15, -0.1) is 0 Å². The van der Waals surface area contributed by atoms with Gasteiger partial charge in [0.25, 0.3) is 5.91 Å². The summed E-state index contributed by atoms with van der Waals surface area (Å²) in [6.07, 6.45) is -7.49. The van der Waals surface area contributed by atoms with Crippen LogP contribution in [0.25, 0.3) is 0 Å². The highest BCUT2D eigenvalue weighted by Gasteiger charge is 2.34. The molecule has 0 heterocycles. The fourth-order valence-corrected chi connectivity index (χ4v) is 1.38. The van der Waals surface area contributed by atoms with E-state index in [2.05, 4.69) is 5.32 Å². The maximum Gasteiger partial charge on any atom is 0.253 e. The zero-order valence-corrected chi connectivity index (χ0v) is 11.1. The molecule has 0 radical (unpaired) electrons. The molecule has 0 fully saturated rings. The van der Waals surface area contributed by atoms with Gasteiger partial charge in [-0.25, -0.2) is 0 Å². The highest BCUT2D eigenvalue weighted by molar-refractivity contribution is 5.81. The molecule has 8 heteroatoms. The van der Waals surface area contributed by atoms with Crippen molar-refractivity contribution in [3.63, 3.8) is 0 Å². The predicted molar refractivity (Wildman–Crippen MR) is 65.0 cm³/mol. The van der Waals surface area contributed by atoms with Crippen LogP contribution in [-0.2, 0) is 9.53 Å². The Hall–Kier alpha value is -0.770. The SMILES string of the molecule is CCOC(CC)NC(=O)[C@H](O)[C@@H](O)[C@H](O)[C@H](O)CO. The number of carbonyl (C=O) groups is 1. The number of hydrogen-bond donors (Lipinski definition) is 6. The van der Waals surface area contributed by atoms with Crippen molar-refractivity contribution in [1.82, 2.24) is 5.32 Å². The smallest absolute Gasteiger partial charge is 0.253 e. The molecule has 5 atom stereocenters. The van der Waals surface area contributed by atoms with Crippen LogP contribution in [0.4, 0.5) is 0 Å². The molecule has 0 aliphatic heterocycles. The summed E-state index contributed by atoms with van der Waals surface area (Å²) in [4.78, 5) is 11.6. The van der Waals surface area contributed by atoms with E-state index in [9.17, 15) is 20.1 Å². The lowest BCUT2D eigenvalue weighted by Gasteiger charge is -2.26. The second kappa shape index (κ2) is 9.18. The minimum Gasteiger partial charge on any atom is -0.394 e. The summed E-state index contributed by atoms with van der Waals surface area (Å²) < 4.78 is 5.14. The van der Waals surface area contributed by atoms with Crippen molar-refractivity contribution in [2.75, 3.05) is 13.2 Å². The average molecular weight is 281 g/mol. The first-order valence-electron chi connectivity index (χ1n) is 6.14. The van der Waals surface area contributed by atoms with Crippen LogP contribution >= 0.6 is 0 Å². The standard InChI is InChI=1S/C11H23NO7/c1-3-7(19-4-2)12-11(18)10(17)9(16)8(15)6(14)5-13/h6-10,13-17H,3-5H2,1-2H3,(H,12,18)/t6-,7?,8-,9+,10-/m1/s1. The third-order valence-electron chi connectivity index (χ3n) is 2.57. The van der Waals surface area contributed by atoms with E-state index in [1.54, 1.807) is 13.8 Å². The van der Waals surface area contributed by atoms with Gasteiger partial charge in [0.05, 0.1) is 6.61 Å². The van der Waals surface area contributed by atoms with E-state index in [0.29, 0.717) is 13.0 Å². The van der Waals surface area contributed by atoms with Crippen molar-refractivity contribution in [3.05, 3.63) is 0 Å². The molecule has 114 valence electrons. The van der Waals surface area contributed by atoms with E-state index < -0.39 is 43.2 Å². The van der Waals surface area contributed by atoms with Crippen molar-refractivity contribution in [2.45, 2.75) is 50.9 Å². The molecule has 0 rings (SSSR count). The lowest BCUT2D eigenvalue weighted by atomic mass is 10.0. The second-order valence-electron chi connectivity index (χ2n) is 4.04. The quantitative estimate of drug-likeness (QED) is 0.253. The van der Waals surface area contributed by atoms with Gasteiger partial charge in [0.2, 0.25) is 0 Å². The molecule has 0 aliphatic carbocycles. The lowest BCUT2D eigenvalue weighted by molar-refractivity contribution is -0.152. The normalized spacial score (nSPS) is 19.3. The summed E-state index contributed by atoms with van der Waals surface area (Å²) in [5, 5.41) is 48.5. The van der Waals surface area contributed by atoms with Crippen LogP contribution < -0.4 is 5.32 Å². The van der Waals surface area contributed by atoms with Crippen molar-refractivity contribution >= 4 is 5.91 Å². The number of ether oxygens (including phenoxy) is 1. The number of amides is 1. The Bertz CT molecular complexity index is 263. The number of nitrogens with one attached hydrogen (secondary N) is 1. The van der Waals surface area contributed by atoms with Crippen LogP contribution in [0.3, 0.4) is 0 Å². The first-order chi connectivity index (χ1) is 8.88. The first-order valence-corrected chi connectivity index (χ1v) is 6.14. The van der Waals surface area contributed by atoms with Crippen LogP contribution in [0, 0.1) is 0 Å². The van der Waals surface area contributed by atoms with E-state index in [1.807, 2.05) is 0 Å². The van der Waals surface area contributed by atoms with Crippen molar-refractivity contribution in [1.29, 1.82) is 0 Å². The Kier molecular flexibility index (Phi) is 8.81. The molecule has 0 bridgehead atoms. The maximum atomic E-state index is 11.6. The molecule has 0 aromatic carbocycles. The van der Waals surface area contributed by atoms with Gasteiger partial charge in [-0.2, -0.15) is 0 Å². The predicted octanol–water partition coefficient (Wildman–Crippen LogP) is -2.69. The molecule has 19 heavy (non-hydrogen) atoms. The first kappa shape index (κ1) is 18.2. The van der Waals surface area contributed by atoms with Gasteiger partial charge >= 0.3 is 0 Å². The summed E-state index contributed by atoms with van der Waals surface area (Å²) in [6, 6.07) is 0. The summed E-state index contributed by atoms with van der Waals surface area (Å²) >= 11 is 0. The van der Waals surface area contributed by atoms with Crippen LogP contribution in [0.1, 0.15) is 20.3 Å². The highest BCUT2D eigenvalue weighted by Crippen LogP contribution is 2.06. The van der Waals surface area contributed by atoms with Crippen LogP contribution in [0.2, 0.25) is 0 Å². The third-order valence-corrected chi connectivity index (χ3v) is 2.57. The molecule has 6 N–H and O–H groups in total. The third kappa shape index (κ3) is 5.81. The van der Waals surface area contributed by atoms with Crippen molar-refractivity contribution in [2.24, 2.45) is 0 Å². The van der Waals surface area contributed by atoms with Gasteiger partial charge in [-0.1, -0.05) is 6.92 Å². The van der Waals surface area contributed by atoms with Gasteiger partial charge in [0.1, 0.15) is 24.5 Å². The summed E-state index contributed by atoms with van der Waals surface area (Å²) in [6.45, 7) is 3.06. The fourth-order valence-electron chi connectivity index (χ4n) is 1.38. The van der Waals surface area contributed by atoms with E-state index in [0.717, 1.165) is 0 Å². The number of carbonyl (C=O) groups excluding carboxylic acids is 1. The molecule has 0 aliphatic rings. The number of rotatable bonds is 9. The number of aliphatic hydroxyl groups excluding tert-OH is 5. The van der Waals surface area contributed by atoms with Crippen molar-refractivity contribution < 1.29 is 35.1 Å². The largest absolute Gasteiger partial charge is 0.394 e. The monoisotopic (exact) mass is 281 g/mol. The molecular weight excluding hydrogens is 258 g/mol. The molecule has 0 saturated heterocycles. The molecule has 0 saturated carbocycles. The molecule has 0 spiro atoms. The summed E-state index contributed by atoms with van der Waals surface area (Å²) in [5.41, 5.74) is 0. The van der Waals surface area contributed by atoms with Gasteiger partial charge in [0, 0.05) is 6.61 Å². The second-order valence-corrected chi connectivity index (χ2v) is 4.04. The Morgan fingerprint density at radius 2 is 1.74 bits per heavy atom.